The Labute approximate surface area is 55.3 Å². The molecule has 1 saturated carbocycles. The second-order valence-electron chi connectivity index (χ2n) is 2.10. The van der Waals surface area contributed by atoms with Crippen molar-refractivity contribution in [3.8, 4) is 0 Å². The lowest BCUT2D eigenvalue weighted by atomic mass is 10.00. The highest BCUT2D eigenvalue weighted by molar-refractivity contribution is 5.78. The van der Waals surface area contributed by atoms with Gasteiger partial charge in [-0.3, -0.25) is 4.79 Å². The fraction of sp³-hybridized carbons (Fsp3) is 0.714. The van der Waals surface area contributed by atoms with Crippen molar-refractivity contribution in [2.24, 2.45) is 0 Å². The van der Waals surface area contributed by atoms with Crippen LogP contribution in [0.15, 0.2) is 0 Å². The Morgan fingerprint density at radius 3 is 1.78 bits per heavy atom. The third-order valence-corrected chi connectivity index (χ3v) is 1.41. The first kappa shape index (κ1) is 8.60. The summed E-state index contributed by atoms with van der Waals surface area (Å²) in [6.07, 6.45) is 5.24. The number of carbonyl (C=O) groups excluding carboxylic acids is 1. The highest BCUT2D eigenvalue weighted by Crippen LogP contribution is 2.12. The minimum Gasteiger partial charge on any atom is -0.300 e. The lowest BCUT2D eigenvalue weighted by molar-refractivity contribution is -0.120. The third-order valence-electron chi connectivity index (χ3n) is 1.41. The van der Waals surface area contributed by atoms with E-state index < -0.39 is 0 Å². The summed E-state index contributed by atoms with van der Waals surface area (Å²) in [5.41, 5.74) is 0. The molecule has 1 fully saturated rings. The molecule has 0 saturated heterocycles. The zero-order valence-electron chi connectivity index (χ0n) is 5.32. The minimum absolute atomic E-state index is 0.464. The Morgan fingerprint density at radius 2 is 1.56 bits per heavy atom. The van der Waals surface area contributed by atoms with Crippen LogP contribution in [0.25, 0.3) is 0 Å². The van der Waals surface area contributed by atoms with Crippen molar-refractivity contribution in [2.45, 2.75) is 32.1 Å². The number of Topliss-reactive ketones (excluding diaryl/α,β-unsaturated/α-hetero) is 1. The average molecular weight is 129 g/mol. The van der Waals surface area contributed by atoms with Crippen LogP contribution in [0.5, 0.6) is 0 Å². The van der Waals surface area contributed by atoms with Crippen molar-refractivity contribution < 1.29 is 9.18 Å². The largest absolute Gasteiger partial charge is 0.300 e. The van der Waals surface area contributed by atoms with Crippen LogP contribution in [-0.2, 0) is 4.79 Å². The van der Waals surface area contributed by atoms with Crippen molar-refractivity contribution in [2.75, 3.05) is 0 Å². The monoisotopic (exact) mass is 129 g/mol. The molecule has 0 spiro atoms. The molecule has 0 heterocycles. The van der Waals surface area contributed by atoms with Gasteiger partial charge in [0.15, 0.2) is 0 Å². The summed E-state index contributed by atoms with van der Waals surface area (Å²) in [6.45, 7) is 0. The van der Waals surface area contributed by atoms with E-state index in [-0.39, 0.29) is 0 Å². The molecule has 0 aliphatic heterocycles. The van der Waals surface area contributed by atoms with Crippen molar-refractivity contribution >= 4 is 5.78 Å². The molecular formula is C7H10FO. The maximum atomic E-state index is 10.5. The van der Waals surface area contributed by atoms with Crippen LogP contribution < -0.4 is 0 Å². The molecule has 9 heavy (non-hydrogen) atoms. The average Bonchev–Trinajstić information content (AvgIpc) is 1.94. The molecule has 0 aromatic rings. The molecule has 0 bridgehead atoms. The zero-order valence-corrected chi connectivity index (χ0v) is 5.32. The molecule has 1 aliphatic carbocycles. The van der Waals surface area contributed by atoms with Crippen molar-refractivity contribution in [1.82, 2.24) is 0 Å². The lowest BCUT2D eigenvalue weighted by Gasteiger charge is -2.05. The first-order valence-corrected chi connectivity index (χ1v) is 3.10. The maximum Gasteiger partial charge on any atom is 0.232 e. The van der Waals surface area contributed by atoms with Crippen molar-refractivity contribution in [3.63, 3.8) is 0 Å². The van der Waals surface area contributed by atoms with Crippen LogP contribution in [0.1, 0.15) is 32.1 Å². The van der Waals surface area contributed by atoms with E-state index in [1.54, 1.807) is 0 Å². The SMILES string of the molecule is O=C1CCCCC1.[C]F. The Bertz CT molecular complexity index is 73.0. The summed E-state index contributed by atoms with van der Waals surface area (Å²) in [5, 5.41) is 0. The van der Waals surface area contributed by atoms with Gasteiger partial charge >= 0.3 is 0 Å². The van der Waals surface area contributed by atoms with Gasteiger partial charge in [0.1, 0.15) is 5.78 Å². The molecule has 1 rings (SSSR count). The van der Waals surface area contributed by atoms with E-state index in [1.165, 1.54) is 6.42 Å². The number of rotatable bonds is 0. The van der Waals surface area contributed by atoms with Crippen LogP contribution in [0.2, 0.25) is 0 Å². The van der Waals surface area contributed by atoms with Gasteiger partial charge in [-0.15, -0.1) is 0 Å². The molecule has 0 aromatic heterocycles. The molecule has 0 amide bonds. The highest BCUT2D eigenvalue weighted by Gasteiger charge is 2.05. The summed E-state index contributed by atoms with van der Waals surface area (Å²) in [6, 6.07) is 0. The summed E-state index contributed by atoms with van der Waals surface area (Å²) in [5.74, 6) is 0.464. The molecule has 0 N–H and O–H groups in total. The second kappa shape index (κ2) is 5.73. The molecule has 0 unspecified atom stereocenters. The van der Waals surface area contributed by atoms with Crippen LogP contribution >= 0.6 is 0 Å². The summed E-state index contributed by atoms with van der Waals surface area (Å²) in [7, 11) is 4.25. The smallest absolute Gasteiger partial charge is 0.232 e. The van der Waals surface area contributed by atoms with E-state index in [0.29, 0.717) is 5.78 Å². The molecule has 0 atom stereocenters. The van der Waals surface area contributed by atoms with E-state index in [9.17, 15) is 4.79 Å². The first-order valence-electron chi connectivity index (χ1n) is 3.10. The normalized spacial score (nSPS) is 18.2. The molecular weight excluding hydrogens is 119 g/mol. The predicted octanol–water partition coefficient (Wildman–Crippen LogP) is 2.02. The molecule has 0 aromatic carbocycles. The lowest BCUT2D eigenvalue weighted by Crippen LogP contribution is -2.02. The Hall–Kier alpha value is -0.400. The van der Waals surface area contributed by atoms with E-state index >= 15 is 0 Å². The van der Waals surface area contributed by atoms with Gasteiger partial charge in [0, 0.05) is 12.8 Å². The zero-order chi connectivity index (χ0) is 7.11. The van der Waals surface area contributed by atoms with Gasteiger partial charge in [-0.1, -0.05) is 6.42 Å². The number of hydrogen-bond donors (Lipinski definition) is 0. The number of carbonyl (C=O) groups is 1. The summed E-state index contributed by atoms with van der Waals surface area (Å²) in [4.78, 5) is 10.5. The third kappa shape index (κ3) is 4.13. The van der Waals surface area contributed by atoms with Crippen molar-refractivity contribution in [1.29, 1.82) is 0 Å². The Balaban J connectivity index is 0.000000291. The van der Waals surface area contributed by atoms with Gasteiger partial charge in [-0.25, -0.2) is 4.39 Å². The molecule has 2 heteroatoms. The molecule has 3 radical (unpaired) electrons. The van der Waals surface area contributed by atoms with Crippen LogP contribution in [0, 0.1) is 7.18 Å². The van der Waals surface area contributed by atoms with Gasteiger partial charge in [0.25, 0.3) is 0 Å². The Kier molecular flexibility index (Phi) is 5.48. The van der Waals surface area contributed by atoms with Gasteiger partial charge in [0.05, 0.1) is 0 Å². The van der Waals surface area contributed by atoms with Gasteiger partial charge in [0.2, 0.25) is 7.18 Å². The standard InChI is InChI=1S/C6H10O.CF/c7-6-4-2-1-3-5-6;1-2/h1-5H2;. The molecule has 1 aliphatic rings. The minimum atomic E-state index is 0.464. The predicted molar refractivity (Wildman–Crippen MR) is 32.4 cm³/mol. The second-order valence-corrected chi connectivity index (χ2v) is 2.10. The Morgan fingerprint density at radius 1 is 1.11 bits per heavy atom. The van der Waals surface area contributed by atoms with Gasteiger partial charge < -0.3 is 0 Å². The van der Waals surface area contributed by atoms with Gasteiger partial charge in [-0.05, 0) is 12.8 Å². The van der Waals surface area contributed by atoms with Crippen LogP contribution in [-0.4, -0.2) is 5.78 Å². The highest BCUT2D eigenvalue weighted by atomic mass is 19.1. The maximum absolute atomic E-state index is 10.5. The molecule has 51 valence electrons. The fourth-order valence-corrected chi connectivity index (χ4v) is 0.946. The fourth-order valence-electron chi connectivity index (χ4n) is 0.946. The van der Waals surface area contributed by atoms with E-state index in [2.05, 4.69) is 7.18 Å². The summed E-state index contributed by atoms with van der Waals surface area (Å²) >= 11 is 0. The topological polar surface area (TPSA) is 17.1 Å². The van der Waals surface area contributed by atoms with Crippen molar-refractivity contribution in [3.05, 3.63) is 7.18 Å². The molecule has 1 nitrogen and oxygen atoms in total. The number of hydrogen-bond acceptors (Lipinski definition) is 1. The van der Waals surface area contributed by atoms with Gasteiger partial charge in [-0.2, -0.15) is 0 Å². The van der Waals surface area contributed by atoms with Crippen LogP contribution in [0.3, 0.4) is 0 Å². The van der Waals surface area contributed by atoms with E-state index in [4.69, 9.17) is 4.39 Å². The number of ketones is 1. The summed E-state index contributed by atoms with van der Waals surface area (Å²) < 4.78 is 8.75. The van der Waals surface area contributed by atoms with Crippen LogP contribution in [0.4, 0.5) is 4.39 Å². The first-order chi connectivity index (χ1) is 4.39. The van der Waals surface area contributed by atoms with E-state index in [0.717, 1.165) is 25.7 Å². The quantitative estimate of drug-likeness (QED) is 0.489. The number of halogens is 1. The van der Waals surface area contributed by atoms with E-state index in [1.807, 2.05) is 0 Å².